The average molecular weight is 305 g/mol. The second kappa shape index (κ2) is 7.26. The highest BCUT2D eigenvalue weighted by molar-refractivity contribution is 5.93. The van der Waals surface area contributed by atoms with Crippen molar-refractivity contribution in [3.63, 3.8) is 0 Å². The Kier molecular flexibility index (Phi) is 5.38. The lowest BCUT2D eigenvalue weighted by Crippen LogP contribution is -2.25. The Morgan fingerprint density at radius 1 is 1.36 bits per heavy atom. The fourth-order valence-electron chi connectivity index (χ4n) is 3.11. The number of nitrogens with two attached hydrogens (primary N) is 1. The van der Waals surface area contributed by atoms with Gasteiger partial charge in [0.2, 0.25) is 0 Å². The monoisotopic (exact) mass is 305 g/mol. The molecule has 1 fully saturated rings. The maximum Gasteiger partial charge on any atom is 0.335 e. The summed E-state index contributed by atoms with van der Waals surface area (Å²) < 4.78 is 0. The van der Waals surface area contributed by atoms with E-state index in [0.717, 1.165) is 32.1 Å². The van der Waals surface area contributed by atoms with Crippen molar-refractivity contribution in [2.45, 2.75) is 44.6 Å². The molecular weight excluding hydrogens is 282 g/mol. The number of aryl methyl sites for hydroxylation is 1. The summed E-state index contributed by atoms with van der Waals surface area (Å²) >= 11 is 0. The summed E-state index contributed by atoms with van der Waals surface area (Å²) in [5, 5.41) is 29.2. The first kappa shape index (κ1) is 16.3. The van der Waals surface area contributed by atoms with Crippen LogP contribution < -0.4 is 11.1 Å². The maximum absolute atomic E-state index is 11.3. The summed E-state index contributed by atoms with van der Waals surface area (Å²) in [5.74, 6) is -0.912. The fourth-order valence-corrected chi connectivity index (χ4v) is 3.11. The molecule has 6 nitrogen and oxygen atoms in total. The maximum atomic E-state index is 11.3. The van der Waals surface area contributed by atoms with Crippen molar-refractivity contribution >= 4 is 17.6 Å². The van der Waals surface area contributed by atoms with Gasteiger partial charge in [-0.15, -0.1) is 0 Å². The molecule has 1 unspecified atom stereocenters. The predicted molar refractivity (Wildman–Crippen MR) is 85.2 cm³/mol. The molecule has 0 aromatic heterocycles. The van der Waals surface area contributed by atoms with Crippen LogP contribution in [0.2, 0.25) is 0 Å². The zero-order chi connectivity index (χ0) is 16.1. The number of hydrogen-bond donors (Lipinski definition) is 5. The molecule has 0 aliphatic heterocycles. The highest BCUT2D eigenvalue weighted by Crippen LogP contribution is 2.29. The number of aromatic carboxylic acids is 1. The molecule has 22 heavy (non-hydrogen) atoms. The van der Waals surface area contributed by atoms with Gasteiger partial charge in [0.05, 0.1) is 11.7 Å². The molecule has 6 heteroatoms. The first-order valence-electron chi connectivity index (χ1n) is 7.62. The van der Waals surface area contributed by atoms with Crippen molar-refractivity contribution in [1.82, 2.24) is 0 Å². The van der Waals surface area contributed by atoms with Crippen LogP contribution in [0.5, 0.6) is 0 Å². The summed E-state index contributed by atoms with van der Waals surface area (Å²) in [6.45, 7) is 0. The Morgan fingerprint density at radius 3 is 2.73 bits per heavy atom. The first-order valence-corrected chi connectivity index (χ1v) is 7.62. The normalized spacial score (nSPS) is 21.3. The number of carboxylic acids is 1. The third kappa shape index (κ3) is 4.21. The van der Waals surface area contributed by atoms with Crippen molar-refractivity contribution in [2.24, 2.45) is 11.7 Å². The minimum Gasteiger partial charge on any atom is -0.478 e. The molecule has 120 valence electrons. The number of hydrogen-bond acceptors (Lipinski definition) is 3. The molecule has 2 atom stereocenters. The number of nitrogens with one attached hydrogen (secondary N) is 2. The second-order valence-electron chi connectivity index (χ2n) is 5.87. The van der Waals surface area contributed by atoms with Crippen LogP contribution in [0.25, 0.3) is 0 Å². The average Bonchev–Trinajstić information content (AvgIpc) is 2.45. The van der Waals surface area contributed by atoms with Gasteiger partial charge >= 0.3 is 5.97 Å². The number of aliphatic hydroxyl groups is 1. The van der Waals surface area contributed by atoms with Crippen molar-refractivity contribution < 1.29 is 15.0 Å². The summed E-state index contributed by atoms with van der Waals surface area (Å²) in [4.78, 5) is 11.3. The number of aliphatic hydroxyl groups excluding tert-OH is 1. The Morgan fingerprint density at radius 2 is 2.09 bits per heavy atom. The smallest absolute Gasteiger partial charge is 0.335 e. The zero-order valence-corrected chi connectivity index (χ0v) is 12.5. The van der Waals surface area contributed by atoms with Crippen LogP contribution in [0.15, 0.2) is 18.2 Å². The molecule has 2 rings (SSSR count). The lowest BCUT2D eigenvalue weighted by atomic mass is 9.82. The van der Waals surface area contributed by atoms with E-state index in [9.17, 15) is 15.0 Å². The number of rotatable bonds is 5. The highest BCUT2D eigenvalue weighted by Gasteiger charge is 2.23. The van der Waals surface area contributed by atoms with Crippen LogP contribution in [0.1, 0.15) is 48.0 Å². The van der Waals surface area contributed by atoms with Crippen molar-refractivity contribution in [2.75, 3.05) is 5.32 Å². The summed E-state index contributed by atoms with van der Waals surface area (Å²) in [7, 11) is 0. The number of carbonyl (C=O) groups is 1. The summed E-state index contributed by atoms with van der Waals surface area (Å²) in [6.07, 6.45) is 5.11. The Balaban J connectivity index is 2.12. The molecule has 0 bridgehead atoms. The van der Waals surface area contributed by atoms with E-state index in [1.807, 2.05) is 0 Å². The lowest BCUT2D eigenvalue weighted by Gasteiger charge is -2.27. The van der Waals surface area contributed by atoms with Gasteiger partial charge in [0.25, 0.3) is 0 Å². The van der Waals surface area contributed by atoms with Crippen molar-refractivity contribution in [1.29, 1.82) is 5.41 Å². The molecular formula is C16H23N3O3. The van der Waals surface area contributed by atoms with Crippen molar-refractivity contribution in [3.8, 4) is 0 Å². The molecule has 0 amide bonds. The minimum absolute atomic E-state index is 0.184. The molecule has 1 aliphatic rings. The molecule has 0 heterocycles. The molecule has 1 aromatic carbocycles. The number of carboxylic acid groups (broad SMARTS) is 1. The third-order valence-electron chi connectivity index (χ3n) is 4.27. The van der Waals surface area contributed by atoms with E-state index >= 15 is 0 Å². The first-order chi connectivity index (χ1) is 10.5. The number of anilines is 1. The Labute approximate surface area is 129 Å². The third-order valence-corrected chi connectivity index (χ3v) is 4.27. The van der Waals surface area contributed by atoms with E-state index in [0.29, 0.717) is 17.7 Å². The van der Waals surface area contributed by atoms with Crippen LogP contribution in [0.3, 0.4) is 0 Å². The van der Waals surface area contributed by atoms with Crippen LogP contribution >= 0.6 is 0 Å². The molecule has 1 aromatic rings. The van der Waals surface area contributed by atoms with Gasteiger partial charge in [-0.25, -0.2) is 4.79 Å². The van der Waals surface area contributed by atoms with Gasteiger partial charge in [-0.3, -0.25) is 5.41 Å². The van der Waals surface area contributed by atoms with Gasteiger partial charge in [0.15, 0.2) is 5.96 Å². The molecule has 0 saturated heterocycles. The topological polar surface area (TPSA) is 119 Å². The van der Waals surface area contributed by atoms with E-state index in [1.54, 1.807) is 12.1 Å². The van der Waals surface area contributed by atoms with Crippen LogP contribution in [0, 0.1) is 11.3 Å². The van der Waals surface area contributed by atoms with Crippen LogP contribution in [-0.2, 0) is 6.42 Å². The zero-order valence-electron chi connectivity index (χ0n) is 12.5. The minimum atomic E-state index is -0.964. The highest BCUT2D eigenvalue weighted by atomic mass is 16.4. The predicted octanol–water partition coefficient (Wildman–Crippen LogP) is 2.17. The Bertz CT molecular complexity index is 560. The van der Waals surface area contributed by atoms with Gasteiger partial charge in [-0.2, -0.15) is 0 Å². The van der Waals surface area contributed by atoms with E-state index in [2.05, 4.69) is 5.32 Å². The molecule has 0 spiro atoms. The Hall–Kier alpha value is -2.08. The molecule has 1 saturated carbocycles. The molecule has 6 N–H and O–H groups in total. The van der Waals surface area contributed by atoms with E-state index < -0.39 is 5.97 Å². The van der Waals surface area contributed by atoms with E-state index in [4.69, 9.17) is 11.1 Å². The van der Waals surface area contributed by atoms with E-state index in [-0.39, 0.29) is 23.5 Å². The van der Waals surface area contributed by atoms with Gasteiger partial charge in [0, 0.05) is 5.69 Å². The van der Waals surface area contributed by atoms with Gasteiger partial charge < -0.3 is 21.3 Å². The second-order valence-corrected chi connectivity index (χ2v) is 5.87. The summed E-state index contributed by atoms with van der Waals surface area (Å²) in [6, 6.07) is 4.85. The molecule has 0 radical (unpaired) electrons. The summed E-state index contributed by atoms with van der Waals surface area (Å²) in [5.41, 5.74) is 6.88. The van der Waals surface area contributed by atoms with Gasteiger partial charge in [0.1, 0.15) is 0 Å². The lowest BCUT2D eigenvalue weighted by molar-refractivity contribution is 0.0652. The number of benzene rings is 1. The van der Waals surface area contributed by atoms with Gasteiger partial charge in [-0.1, -0.05) is 12.8 Å². The van der Waals surface area contributed by atoms with Crippen molar-refractivity contribution in [3.05, 3.63) is 29.3 Å². The van der Waals surface area contributed by atoms with Crippen LogP contribution in [-0.4, -0.2) is 28.2 Å². The fraction of sp³-hybridized carbons (Fsp3) is 0.500. The van der Waals surface area contributed by atoms with E-state index in [1.165, 1.54) is 6.07 Å². The molecule has 1 aliphatic carbocycles. The number of guanidine groups is 1. The SMILES string of the molecule is N=C(N)Nc1ccc(C(=O)O)c(CCC2CCCC[C@@H]2O)c1. The van der Waals surface area contributed by atoms with Crippen LogP contribution in [0.4, 0.5) is 5.69 Å². The quantitative estimate of drug-likeness (QED) is 0.422. The largest absolute Gasteiger partial charge is 0.478 e. The van der Waals surface area contributed by atoms with Gasteiger partial charge in [-0.05, 0) is 55.4 Å². The standard InChI is InChI=1S/C16H23N3O3/c17-16(18)19-12-7-8-13(15(21)22)11(9-12)6-5-10-3-1-2-4-14(10)20/h7-10,14,20H,1-6H2,(H,21,22)(H4,17,18,19)/t10?,14-/m0/s1.